The SMILES string of the molecule is C=CCCCCCCCCOC(=O)C1CCCCC1C(=O)[O-].[Na+]. The number of carbonyl (C=O) groups is 2. The number of rotatable bonds is 11. The third kappa shape index (κ3) is 9.53. The quantitative estimate of drug-likeness (QED) is 0.231. The predicted octanol–water partition coefficient (Wildman–Crippen LogP) is 0.00660. The van der Waals surface area contributed by atoms with Gasteiger partial charge >= 0.3 is 35.5 Å². The number of carboxylic acid groups (broad SMARTS) is 1. The molecule has 1 aliphatic rings. The van der Waals surface area contributed by atoms with Gasteiger partial charge in [0.1, 0.15) is 0 Å². The van der Waals surface area contributed by atoms with Crippen molar-refractivity contribution >= 4 is 11.9 Å². The maximum absolute atomic E-state index is 12.0. The number of ether oxygens (including phenoxy) is 1. The zero-order chi connectivity index (χ0) is 16.2. The van der Waals surface area contributed by atoms with Crippen LogP contribution >= 0.6 is 0 Å². The first kappa shape index (κ1) is 22.7. The Kier molecular flexibility index (Phi) is 13.9. The molecular weight excluding hydrogens is 303 g/mol. The van der Waals surface area contributed by atoms with Gasteiger partial charge in [-0.3, -0.25) is 4.79 Å². The number of hydrogen-bond donors (Lipinski definition) is 0. The summed E-state index contributed by atoms with van der Waals surface area (Å²) >= 11 is 0. The second kappa shape index (κ2) is 14.1. The second-order valence-corrected chi connectivity index (χ2v) is 6.18. The van der Waals surface area contributed by atoms with Crippen LogP contribution in [0.4, 0.5) is 0 Å². The van der Waals surface area contributed by atoms with E-state index in [1.165, 1.54) is 19.3 Å². The van der Waals surface area contributed by atoms with Crippen LogP contribution in [0.2, 0.25) is 0 Å². The van der Waals surface area contributed by atoms with E-state index in [1.807, 2.05) is 6.08 Å². The van der Waals surface area contributed by atoms with Crippen LogP contribution in [0.1, 0.15) is 70.6 Å². The molecular formula is C18H29NaO4. The smallest absolute Gasteiger partial charge is 0.550 e. The van der Waals surface area contributed by atoms with Gasteiger partial charge in [0.2, 0.25) is 0 Å². The maximum Gasteiger partial charge on any atom is 1.00 e. The van der Waals surface area contributed by atoms with Gasteiger partial charge in [0.15, 0.2) is 0 Å². The van der Waals surface area contributed by atoms with E-state index in [-0.39, 0.29) is 35.5 Å². The molecule has 0 aliphatic heterocycles. The van der Waals surface area contributed by atoms with Crippen molar-refractivity contribution in [3.63, 3.8) is 0 Å². The summed E-state index contributed by atoms with van der Waals surface area (Å²) in [4.78, 5) is 23.1. The van der Waals surface area contributed by atoms with Crippen molar-refractivity contribution < 1.29 is 49.0 Å². The molecule has 0 aromatic carbocycles. The van der Waals surface area contributed by atoms with Crippen LogP contribution in [-0.4, -0.2) is 18.5 Å². The fraction of sp³-hybridized carbons (Fsp3) is 0.778. The summed E-state index contributed by atoms with van der Waals surface area (Å²) in [5, 5.41) is 11.1. The number of carbonyl (C=O) groups excluding carboxylic acids is 2. The number of hydrogen-bond acceptors (Lipinski definition) is 4. The van der Waals surface area contributed by atoms with E-state index < -0.39 is 17.8 Å². The molecule has 0 bridgehead atoms. The molecule has 1 aliphatic carbocycles. The number of aliphatic carboxylic acids is 1. The van der Waals surface area contributed by atoms with E-state index in [0.29, 0.717) is 19.4 Å². The fourth-order valence-corrected chi connectivity index (χ4v) is 3.07. The summed E-state index contributed by atoms with van der Waals surface area (Å²) in [6.07, 6.45) is 12.6. The van der Waals surface area contributed by atoms with Crippen LogP contribution < -0.4 is 34.7 Å². The second-order valence-electron chi connectivity index (χ2n) is 6.18. The summed E-state index contributed by atoms with van der Waals surface area (Å²) in [7, 11) is 0. The Morgan fingerprint density at radius 3 is 2.17 bits per heavy atom. The van der Waals surface area contributed by atoms with Crippen LogP contribution in [0.25, 0.3) is 0 Å². The molecule has 0 heterocycles. The van der Waals surface area contributed by atoms with Crippen molar-refractivity contribution in [2.24, 2.45) is 11.8 Å². The topological polar surface area (TPSA) is 66.4 Å². The summed E-state index contributed by atoms with van der Waals surface area (Å²) in [6.45, 7) is 4.11. The molecule has 2 unspecified atom stereocenters. The fourth-order valence-electron chi connectivity index (χ4n) is 3.07. The van der Waals surface area contributed by atoms with Gasteiger partial charge < -0.3 is 14.6 Å². The average Bonchev–Trinajstić information content (AvgIpc) is 2.53. The molecule has 0 aromatic heterocycles. The van der Waals surface area contributed by atoms with Gasteiger partial charge in [-0.25, -0.2) is 0 Å². The minimum Gasteiger partial charge on any atom is -0.550 e. The largest absolute Gasteiger partial charge is 1.00 e. The Morgan fingerprint density at radius 1 is 1.00 bits per heavy atom. The minimum atomic E-state index is -1.11. The van der Waals surface area contributed by atoms with Gasteiger partial charge in [-0.2, -0.15) is 0 Å². The van der Waals surface area contributed by atoms with Crippen LogP contribution in [0.5, 0.6) is 0 Å². The summed E-state index contributed by atoms with van der Waals surface area (Å²) < 4.78 is 5.26. The van der Waals surface area contributed by atoms with Crippen molar-refractivity contribution in [3.8, 4) is 0 Å². The summed E-state index contributed by atoms with van der Waals surface area (Å²) in [5.74, 6) is -2.62. The molecule has 4 nitrogen and oxygen atoms in total. The first-order chi connectivity index (χ1) is 10.7. The monoisotopic (exact) mass is 332 g/mol. The molecule has 0 spiro atoms. The normalized spacial score (nSPS) is 20.3. The van der Waals surface area contributed by atoms with Gasteiger partial charge in [0.25, 0.3) is 0 Å². The third-order valence-corrected chi connectivity index (χ3v) is 4.42. The maximum atomic E-state index is 12.0. The number of esters is 1. The molecule has 0 amide bonds. The van der Waals surface area contributed by atoms with Gasteiger partial charge in [-0.1, -0.05) is 44.6 Å². The molecule has 5 heteroatoms. The van der Waals surface area contributed by atoms with Crippen molar-refractivity contribution in [1.29, 1.82) is 0 Å². The zero-order valence-electron chi connectivity index (χ0n) is 14.6. The molecule has 0 radical (unpaired) electrons. The van der Waals surface area contributed by atoms with Crippen LogP contribution in [-0.2, 0) is 14.3 Å². The third-order valence-electron chi connectivity index (χ3n) is 4.42. The summed E-state index contributed by atoms with van der Waals surface area (Å²) in [5.41, 5.74) is 0. The predicted molar refractivity (Wildman–Crippen MR) is 83.9 cm³/mol. The van der Waals surface area contributed by atoms with Crippen molar-refractivity contribution in [2.75, 3.05) is 6.61 Å². The zero-order valence-corrected chi connectivity index (χ0v) is 16.6. The van der Waals surface area contributed by atoms with Crippen molar-refractivity contribution in [1.82, 2.24) is 0 Å². The molecule has 2 atom stereocenters. The molecule has 1 saturated carbocycles. The van der Waals surface area contributed by atoms with Gasteiger partial charge in [-0.15, -0.1) is 6.58 Å². The van der Waals surface area contributed by atoms with Crippen molar-refractivity contribution in [2.45, 2.75) is 70.6 Å². The van der Waals surface area contributed by atoms with Crippen LogP contribution in [0.3, 0.4) is 0 Å². The Bertz CT molecular complexity index is 357. The van der Waals surface area contributed by atoms with E-state index in [9.17, 15) is 14.7 Å². The number of unbranched alkanes of at least 4 members (excludes halogenated alkanes) is 6. The molecule has 126 valence electrons. The molecule has 0 saturated heterocycles. The Hall–Kier alpha value is -0.320. The van der Waals surface area contributed by atoms with Crippen molar-refractivity contribution in [3.05, 3.63) is 12.7 Å². The van der Waals surface area contributed by atoms with Crippen LogP contribution in [0.15, 0.2) is 12.7 Å². The average molecular weight is 332 g/mol. The van der Waals surface area contributed by atoms with Gasteiger partial charge in [-0.05, 0) is 32.1 Å². The minimum absolute atomic E-state index is 0. The van der Waals surface area contributed by atoms with E-state index >= 15 is 0 Å². The molecule has 0 aromatic rings. The Labute approximate surface area is 162 Å². The molecule has 1 fully saturated rings. The molecule has 0 N–H and O–H groups in total. The standard InChI is InChI=1S/C18H30O4.Na/c1-2-3-4-5-6-7-8-11-14-22-18(21)16-13-10-9-12-15(16)17(19)20;/h2,15-16H,1,3-14H2,(H,19,20);/q;+1/p-1. The molecule has 1 rings (SSSR count). The Balaban J connectivity index is 0.00000484. The van der Waals surface area contributed by atoms with Gasteiger partial charge in [0.05, 0.1) is 12.5 Å². The first-order valence-electron chi connectivity index (χ1n) is 8.65. The van der Waals surface area contributed by atoms with E-state index in [4.69, 9.17) is 4.74 Å². The van der Waals surface area contributed by atoms with E-state index in [2.05, 4.69) is 6.58 Å². The summed E-state index contributed by atoms with van der Waals surface area (Å²) in [6, 6.07) is 0. The number of allylic oxidation sites excluding steroid dienone is 1. The Morgan fingerprint density at radius 2 is 1.57 bits per heavy atom. The number of carboxylic acids is 1. The van der Waals surface area contributed by atoms with Crippen LogP contribution in [0, 0.1) is 11.8 Å². The first-order valence-corrected chi connectivity index (χ1v) is 8.65. The molecule has 23 heavy (non-hydrogen) atoms. The van der Waals surface area contributed by atoms with E-state index in [1.54, 1.807) is 0 Å². The van der Waals surface area contributed by atoms with E-state index in [0.717, 1.165) is 38.5 Å². The van der Waals surface area contributed by atoms with Gasteiger partial charge in [0, 0.05) is 11.9 Å².